The molecule has 0 amide bonds. The van der Waals surface area contributed by atoms with E-state index < -0.39 is 15.4 Å². The Hall–Kier alpha value is -1.62. The molecule has 106 valence electrons. The number of nitrogens with zero attached hydrogens (tertiary/aromatic N) is 1. The summed E-state index contributed by atoms with van der Waals surface area (Å²) in [6.07, 6.45) is 1.80. The van der Waals surface area contributed by atoms with Crippen molar-refractivity contribution in [3.8, 4) is 0 Å². The Morgan fingerprint density at radius 3 is 2.55 bits per heavy atom. The molecule has 0 saturated carbocycles. The van der Waals surface area contributed by atoms with E-state index in [1.54, 1.807) is 39.0 Å². The van der Waals surface area contributed by atoms with Crippen molar-refractivity contribution in [3.05, 3.63) is 41.6 Å². The third kappa shape index (κ3) is 1.73. The number of hydrogen-bond donors (Lipinski definition) is 0. The third-order valence-corrected chi connectivity index (χ3v) is 5.64. The van der Waals surface area contributed by atoms with E-state index in [0.29, 0.717) is 17.1 Å². The van der Waals surface area contributed by atoms with E-state index >= 15 is 0 Å². The summed E-state index contributed by atoms with van der Waals surface area (Å²) >= 11 is 0. The number of rotatable bonds is 1. The smallest absolute Gasteiger partial charge is 0.264 e. The molecule has 1 aromatic rings. The van der Waals surface area contributed by atoms with E-state index in [1.165, 1.54) is 4.31 Å². The minimum atomic E-state index is -3.60. The molecule has 3 rings (SSSR count). The molecule has 0 fully saturated rings. The molecule has 0 aromatic heterocycles. The van der Waals surface area contributed by atoms with Gasteiger partial charge in [-0.1, -0.05) is 39.0 Å². The van der Waals surface area contributed by atoms with Crippen LogP contribution in [0, 0.1) is 5.41 Å². The highest BCUT2D eigenvalue weighted by molar-refractivity contribution is 7.89. The zero-order chi connectivity index (χ0) is 14.7. The van der Waals surface area contributed by atoms with Gasteiger partial charge in [0.15, 0.2) is 5.78 Å². The zero-order valence-corrected chi connectivity index (χ0v) is 12.6. The van der Waals surface area contributed by atoms with E-state index in [2.05, 4.69) is 0 Å². The van der Waals surface area contributed by atoms with Gasteiger partial charge in [-0.05, 0) is 17.7 Å². The van der Waals surface area contributed by atoms with Gasteiger partial charge in [0, 0.05) is 17.9 Å². The Morgan fingerprint density at radius 2 is 1.90 bits per heavy atom. The van der Waals surface area contributed by atoms with Gasteiger partial charge in [0.25, 0.3) is 10.0 Å². The molecule has 0 spiro atoms. The summed E-state index contributed by atoms with van der Waals surface area (Å²) in [4.78, 5) is 12.8. The van der Waals surface area contributed by atoms with Gasteiger partial charge in [-0.2, -0.15) is 0 Å². The predicted octanol–water partition coefficient (Wildman–Crippen LogP) is 2.29. The fourth-order valence-corrected chi connectivity index (χ4v) is 4.50. The van der Waals surface area contributed by atoms with Crippen LogP contribution in [-0.4, -0.2) is 25.1 Å². The summed E-state index contributed by atoms with van der Waals surface area (Å²) in [7, 11) is -3.60. The summed E-state index contributed by atoms with van der Waals surface area (Å²) in [6, 6.07) is 6.99. The minimum absolute atomic E-state index is 0.0176. The number of benzene rings is 1. The van der Waals surface area contributed by atoms with Crippen molar-refractivity contribution >= 4 is 15.8 Å². The van der Waals surface area contributed by atoms with Gasteiger partial charge in [0.1, 0.15) is 0 Å². The maximum Gasteiger partial charge on any atom is 0.264 e. The van der Waals surface area contributed by atoms with E-state index in [9.17, 15) is 13.2 Å². The fraction of sp³-hybridized carbons (Fsp3) is 0.400. The number of ketones is 1. The lowest BCUT2D eigenvalue weighted by atomic mass is 9.88. The quantitative estimate of drug-likeness (QED) is 0.797. The van der Waals surface area contributed by atoms with Crippen LogP contribution in [0.5, 0.6) is 0 Å². The molecule has 20 heavy (non-hydrogen) atoms. The minimum Gasteiger partial charge on any atom is -0.292 e. The molecule has 2 aliphatic heterocycles. The maximum absolute atomic E-state index is 12.6. The zero-order valence-electron chi connectivity index (χ0n) is 11.8. The van der Waals surface area contributed by atoms with Gasteiger partial charge < -0.3 is 0 Å². The van der Waals surface area contributed by atoms with Crippen LogP contribution in [0.15, 0.2) is 40.9 Å². The molecule has 2 bridgehead atoms. The Kier molecular flexibility index (Phi) is 2.64. The molecule has 2 heterocycles. The van der Waals surface area contributed by atoms with Gasteiger partial charge in [0.2, 0.25) is 0 Å². The van der Waals surface area contributed by atoms with Crippen molar-refractivity contribution < 1.29 is 13.2 Å². The molecular formula is C15H17NO3S. The third-order valence-electron chi connectivity index (χ3n) is 3.79. The van der Waals surface area contributed by atoms with Crippen LogP contribution in [-0.2, 0) is 14.8 Å². The van der Waals surface area contributed by atoms with E-state index in [1.807, 2.05) is 12.1 Å². The molecule has 0 radical (unpaired) electrons. The Balaban J connectivity index is 2.16. The van der Waals surface area contributed by atoms with Crippen molar-refractivity contribution in [2.24, 2.45) is 5.41 Å². The monoisotopic (exact) mass is 291 g/mol. The predicted molar refractivity (Wildman–Crippen MR) is 75.6 cm³/mol. The Morgan fingerprint density at radius 1 is 1.25 bits per heavy atom. The van der Waals surface area contributed by atoms with Crippen LogP contribution in [0.1, 0.15) is 32.3 Å². The van der Waals surface area contributed by atoms with Gasteiger partial charge >= 0.3 is 0 Å². The second-order valence-corrected chi connectivity index (χ2v) is 8.14. The molecule has 5 heteroatoms. The normalized spacial score (nSPS) is 23.2. The Bertz CT molecular complexity index is 726. The van der Waals surface area contributed by atoms with E-state index in [4.69, 9.17) is 0 Å². The SMILES string of the molecule is CC(C)(C)C(=O)C1=C[C@@H]2CN1S(=O)(=O)c1ccccc12. The van der Waals surface area contributed by atoms with Crippen molar-refractivity contribution in [1.29, 1.82) is 0 Å². The van der Waals surface area contributed by atoms with Crippen molar-refractivity contribution in [3.63, 3.8) is 0 Å². The van der Waals surface area contributed by atoms with Crippen molar-refractivity contribution in [2.45, 2.75) is 31.6 Å². The number of carbonyl (C=O) groups excluding carboxylic acids is 1. The summed E-state index contributed by atoms with van der Waals surface area (Å²) in [5.74, 6) is -0.146. The fourth-order valence-electron chi connectivity index (χ4n) is 2.73. The molecule has 0 aliphatic carbocycles. The number of carbonyl (C=O) groups is 1. The maximum atomic E-state index is 12.6. The van der Waals surface area contributed by atoms with E-state index in [0.717, 1.165) is 5.56 Å². The van der Waals surface area contributed by atoms with Crippen LogP contribution in [0.4, 0.5) is 0 Å². The number of sulfonamides is 1. The van der Waals surface area contributed by atoms with Crippen molar-refractivity contribution in [1.82, 2.24) is 4.31 Å². The average Bonchev–Trinajstić information content (AvgIpc) is 2.78. The van der Waals surface area contributed by atoms with Gasteiger partial charge in [-0.15, -0.1) is 0 Å². The van der Waals surface area contributed by atoms with E-state index in [-0.39, 0.29) is 11.7 Å². The first-order valence-electron chi connectivity index (χ1n) is 6.61. The van der Waals surface area contributed by atoms with Crippen LogP contribution in [0.2, 0.25) is 0 Å². The Labute approximate surface area is 119 Å². The van der Waals surface area contributed by atoms with Crippen LogP contribution < -0.4 is 0 Å². The lowest BCUT2D eigenvalue weighted by molar-refractivity contribution is -0.123. The number of hydrogen-bond acceptors (Lipinski definition) is 3. The molecule has 0 unspecified atom stereocenters. The van der Waals surface area contributed by atoms with Crippen LogP contribution >= 0.6 is 0 Å². The van der Waals surface area contributed by atoms with Crippen molar-refractivity contribution in [2.75, 3.05) is 6.54 Å². The topological polar surface area (TPSA) is 54.5 Å². The van der Waals surface area contributed by atoms with Gasteiger partial charge in [-0.3, -0.25) is 9.10 Å². The molecule has 2 aliphatic rings. The first-order chi connectivity index (χ1) is 9.23. The first-order valence-corrected chi connectivity index (χ1v) is 8.05. The summed E-state index contributed by atoms with van der Waals surface area (Å²) in [5, 5.41) is 0. The van der Waals surface area contributed by atoms with Gasteiger partial charge in [0.05, 0.1) is 10.6 Å². The summed E-state index contributed by atoms with van der Waals surface area (Å²) in [5.41, 5.74) is 0.518. The molecule has 4 nitrogen and oxygen atoms in total. The second kappa shape index (κ2) is 3.95. The summed E-state index contributed by atoms with van der Waals surface area (Å²) < 4.78 is 26.5. The second-order valence-electron chi connectivity index (χ2n) is 6.31. The largest absolute Gasteiger partial charge is 0.292 e. The lowest BCUT2D eigenvalue weighted by Gasteiger charge is -2.30. The molecular weight excluding hydrogens is 274 g/mol. The highest BCUT2D eigenvalue weighted by Gasteiger charge is 2.45. The van der Waals surface area contributed by atoms with Gasteiger partial charge in [-0.25, -0.2) is 8.42 Å². The number of fused-ring (bicyclic) bond motifs is 4. The molecule has 1 atom stereocenters. The molecule has 0 N–H and O–H groups in total. The highest BCUT2D eigenvalue weighted by Crippen LogP contribution is 2.43. The summed E-state index contributed by atoms with van der Waals surface area (Å²) in [6.45, 7) is 5.76. The molecule has 1 aromatic carbocycles. The van der Waals surface area contributed by atoms with Crippen LogP contribution in [0.3, 0.4) is 0 Å². The highest BCUT2D eigenvalue weighted by atomic mass is 32.2. The first kappa shape index (κ1) is 13.4. The standard InChI is InChI=1S/C15H17NO3S/c1-15(2,3)14(17)12-8-10-9-16(12)20(18,19)13-7-5-4-6-11(10)13/h4-8,10H,9H2,1-3H3/t10-/m1/s1. The lowest BCUT2D eigenvalue weighted by Crippen LogP contribution is -2.38. The average molecular weight is 291 g/mol. The number of allylic oxidation sites excluding steroid dienone is 1. The molecule has 0 saturated heterocycles. The number of Topliss-reactive ketones (excluding diaryl/α,β-unsaturated/α-hetero) is 1. The van der Waals surface area contributed by atoms with Crippen LogP contribution in [0.25, 0.3) is 0 Å².